The van der Waals surface area contributed by atoms with Crippen molar-refractivity contribution in [2.24, 2.45) is 0 Å². The lowest BCUT2D eigenvalue weighted by atomic mass is 10.0. The molecular weight excluding hydrogens is 320 g/mol. The van der Waals surface area contributed by atoms with Gasteiger partial charge in [-0.1, -0.05) is 6.07 Å². The van der Waals surface area contributed by atoms with Gasteiger partial charge in [0.15, 0.2) is 0 Å². The molecule has 2 nitrogen and oxygen atoms in total. The monoisotopic (exact) mass is 338 g/mol. The smallest absolute Gasteiger partial charge is 0.0419 e. The number of nitrogens with one attached hydrogen (secondary N) is 1. The normalized spacial score (nSPS) is 12.5. The van der Waals surface area contributed by atoms with Crippen molar-refractivity contribution in [1.82, 2.24) is 10.3 Å². The zero-order valence-corrected chi connectivity index (χ0v) is 13.5. The summed E-state index contributed by atoms with van der Waals surface area (Å²) >= 11 is 5.27. The molecular formula is C15H19BrN2S. The van der Waals surface area contributed by atoms with Crippen molar-refractivity contribution in [3.05, 3.63) is 50.9 Å². The van der Waals surface area contributed by atoms with Gasteiger partial charge in [0.05, 0.1) is 0 Å². The van der Waals surface area contributed by atoms with Crippen LogP contribution in [-0.2, 0) is 12.8 Å². The van der Waals surface area contributed by atoms with Crippen LogP contribution in [0.2, 0.25) is 0 Å². The summed E-state index contributed by atoms with van der Waals surface area (Å²) in [5.41, 5.74) is 1.15. The van der Waals surface area contributed by atoms with Crippen LogP contribution >= 0.6 is 27.3 Å². The number of likely N-dealkylation sites (N-methyl/N-ethyl adjacent to an activating group) is 1. The highest BCUT2D eigenvalue weighted by atomic mass is 79.9. The second-order valence-electron chi connectivity index (χ2n) is 4.63. The van der Waals surface area contributed by atoms with Crippen LogP contribution in [0.1, 0.15) is 23.4 Å². The number of pyridine rings is 1. The third-order valence-electron chi connectivity index (χ3n) is 3.21. The molecule has 19 heavy (non-hydrogen) atoms. The Labute approximate surface area is 127 Å². The van der Waals surface area contributed by atoms with Gasteiger partial charge >= 0.3 is 0 Å². The summed E-state index contributed by atoms with van der Waals surface area (Å²) in [6.07, 6.45) is 6.46. The second kappa shape index (κ2) is 7.78. The first-order valence-electron chi connectivity index (χ1n) is 6.58. The van der Waals surface area contributed by atoms with Crippen molar-refractivity contribution < 1.29 is 0 Å². The predicted molar refractivity (Wildman–Crippen MR) is 85.7 cm³/mol. The molecule has 0 saturated carbocycles. The predicted octanol–water partition coefficient (Wildman–Crippen LogP) is 4.06. The van der Waals surface area contributed by atoms with Gasteiger partial charge in [-0.15, -0.1) is 11.3 Å². The second-order valence-corrected chi connectivity index (χ2v) is 6.58. The van der Waals surface area contributed by atoms with E-state index in [1.54, 1.807) is 0 Å². The fraction of sp³-hybridized carbons (Fsp3) is 0.400. The summed E-state index contributed by atoms with van der Waals surface area (Å²) in [4.78, 5) is 5.92. The third-order valence-corrected chi connectivity index (χ3v) is 4.61. The largest absolute Gasteiger partial charge is 0.317 e. The molecule has 102 valence electrons. The van der Waals surface area contributed by atoms with E-state index in [0.29, 0.717) is 6.04 Å². The SMILES string of the molecule is CNC(CCCc1cccs1)Cc1ccc(Br)cn1. The van der Waals surface area contributed by atoms with Crippen LogP contribution in [-0.4, -0.2) is 18.1 Å². The van der Waals surface area contributed by atoms with E-state index in [4.69, 9.17) is 0 Å². The topological polar surface area (TPSA) is 24.9 Å². The Morgan fingerprint density at radius 2 is 2.26 bits per heavy atom. The van der Waals surface area contributed by atoms with Gasteiger partial charge in [0.2, 0.25) is 0 Å². The molecule has 2 aromatic rings. The van der Waals surface area contributed by atoms with E-state index in [-0.39, 0.29) is 0 Å². The lowest BCUT2D eigenvalue weighted by Crippen LogP contribution is -2.28. The Morgan fingerprint density at radius 1 is 1.37 bits per heavy atom. The minimum atomic E-state index is 0.508. The highest BCUT2D eigenvalue weighted by Crippen LogP contribution is 2.14. The van der Waals surface area contributed by atoms with Crippen LogP contribution in [0, 0.1) is 0 Å². The van der Waals surface area contributed by atoms with Gasteiger partial charge in [0.25, 0.3) is 0 Å². The van der Waals surface area contributed by atoms with Crippen molar-refractivity contribution in [3.8, 4) is 0 Å². The summed E-state index contributed by atoms with van der Waals surface area (Å²) in [5, 5.41) is 5.55. The number of aryl methyl sites for hydroxylation is 1. The molecule has 2 aromatic heterocycles. The van der Waals surface area contributed by atoms with Gasteiger partial charge in [-0.2, -0.15) is 0 Å². The highest BCUT2D eigenvalue weighted by Gasteiger charge is 2.08. The van der Waals surface area contributed by atoms with E-state index in [0.717, 1.165) is 16.6 Å². The Bertz CT molecular complexity index is 467. The van der Waals surface area contributed by atoms with E-state index in [2.05, 4.69) is 55.9 Å². The molecule has 1 unspecified atom stereocenters. The van der Waals surface area contributed by atoms with Gasteiger partial charge in [0, 0.05) is 33.7 Å². The summed E-state index contributed by atoms with van der Waals surface area (Å²) in [6.45, 7) is 0. The van der Waals surface area contributed by atoms with Crippen LogP contribution in [0.15, 0.2) is 40.3 Å². The van der Waals surface area contributed by atoms with Gasteiger partial charge < -0.3 is 5.32 Å². The van der Waals surface area contributed by atoms with Crippen molar-refractivity contribution in [2.45, 2.75) is 31.7 Å². The average molecular weight is 339 g/mol. The number of nitrogens with zero attached hydrogens (tertiary/aromatic N) is 1. The maximum atomic E-state index is 4.44. The first-order valence-corrected chi connectivity index (χ1v) is 8.25. The lowest BCUT2D eigenvalue weighted by Gasteiger charge is -2.15. The van der Waals surface area contributed by atoms with Crippen LogP contribution in [0.4, 0.5) is 0 Å². The molecule has 2 heterocycles. The molecule has 0 aliphatic heterocycles. The zero-order valence-electron chi connectivity index (χ0n) is 11.1. The first-order chi connectivity index (χ1) is 9.28. The molecule has 1 atom stereocenters. The number of thiophene rings is 1. The summed E-state index contributed by atoms with van der Waals surface area (Å²) in [5.74, 6) is 0. The van der Waals surface area contributed by atoms with Crippen molar-refractivity contribution in [1.29, 1.82) is 0 Å². The van der Waals surface area contributed by atoms with Crippen LogP contribution in [0.25, 0.3) is 0 Å². The van der Waals surface area contributed by atoms with E-state index in [9.17, 15) is 0 Å². The van der Waals surface area contributed by atoms with E-state index >= 15 is 0 Å². The van der Waals surface area contributed by atoms with Gasteiger partial charge in [-0.05, 0) is 65.8 Å². The molecule has 0 amide bonds. The molecule has 0 fully saturated rings. The molecule has 0 bridgehead atoms. The number of rotatable bonds is 7. The minimum Gasteiger partial charge on any atom is -0.317 e. The van der Waals surface area contributed by atoms with Gasteiger partial charge in [-0.25, -0.2) is 0 Å². The average Bonchev–Trinajstić information content (AvgIpc) is 2.93. The Morgan fingerprint density at radius 3 is 2.89 bits per heavy atom. The quantitative estimate of drug-likeness (QED) is 0.823. The maximum absolute atomic E-state index is 4.44. The number of hydrogen-bond donors (Lipinski definition) is 1. The number of halogens is 1. The lowest BCUT2D eigenvalue weighted by molar-refractivity contribution is 0.498. The van der Waals surface area contributed by atoms with E-state index in [1.165, 1.54) is 24.1 Å². The summed E-state index contributed by atoms with van der Waals surface area (Å²) in [7, 11) is 2.04. The van der Waals surface area contributed by atoms with Gasteiger partial charge in [-0.3, -0.25) is 4.98 Å². The van der Waals surface area contributed by atoms with Crippen molar-refractivity contribution in [3.63, 3.8) is 0 Å². The van der Waals surface area contributed by atoms with E-state index < -0.39 is 0 Å². The molecule has 0 saturated heterocycles. The van der Waals surface area contributed by atoms with Crippen molar-refractivity contribution >= 4 is 27.3 Å². The molecule has 0 spiro atoms. The number of aromatic nitrogens is 1. The highest BCUT2D eigenvalue weighted by molar-refractivity contribution is 9.10. The third kappa shape index (κ3) is 5.05. The standard InChI is InChI=1S/C15H19BrN2S/c1-17-13(4-2-5-15-6-3-9-19-15)10-14-8-7-12(16)11-18-14/h3,6-9,11,13,17H,2,4-5,10H2,1H3. The molecule has 4 heteroatoms. The van der Waals surface area contributed by atoms with E-state index in [1.807, 2.05) is 24.6 Å². The van der Waals surface area contributed by atoms with Crippen molar-refractivity contribution in [2.75, 3.05) is 7.05 Å². The maximum Gasteiger partial charge on any atom is 0.0419 e. The number of hydrogen-bond acceptors (Lipinski definition) is 3. The zero-order chi connectivity index (χ0) is 13.5. The fourth-order valence-electron chi connectivity index (χ4n) is 2.11. The first kappa shape index (κ1) is 14.7. The molecule has 0 radical (unpaired) electrons. The summed E-state index contributed by atoms with van der Waals surface area (Å²) < 4.78 is 1.04. The fourth-order valence-corrected chi connectivity index (χ4v) is 3.09. The van der Waals surface area contributed by atoms with Crippen LogP contribution in [0.3, 0.4) is 0 Å². The summed E-state index contributed by atoms with van der Waals surface area (Å²) in [6, 6.07) is 9.00. The molecule has 0 aliphatic carbocycles. The molecule has 0 aliphatic rings. The minimum absolute atomic E-state index is 0.508. The molecule has 0 aromatic carbocycles. The Balaban J connectivity index is 1.78. The molecule has 2 rings (SSSR count). The van der Waals surface area contributed by atoms with Crippen LogP contribution in [0.5, 0.6) is 0 Å². The Kier molecular flexibility index (Phi) is 6.01. The Hall–Kier alpha value is -0.710. The van der Waals surface area contributed by atoms with Crippen LogP contribution < -0.4 is 5.32 Å². The van der Waals surface area contributed by atoms with Gasteiger partial charge in [0.1, 0.15) is 0 Å². The molecule has 1 N–H and O–H groups in total.